The van der Waals surface area contributed by atoms with Crippen LogP contribution in [0.2, 0.25) is 0 Å². The number of ether oxygens (including phenoxy) is 2. The molecule has 0 spiro atoms. The zero-order chi connectivity index (χ0) is 19.9. The SMILES string of the molecule is CCOC(=O)CN(C(=O)OCc1ccccc1)S(=O)(=O)c1ccc(C)cc1. The summed E-state index contributed by atoms with van der Waals surface area (Å²) in [5.74, 6) is -0.843. The minimum Gasteiger partial charge on any atom is -0.465 e. The van der Waals surface area contributed by atoms with E-state index < -0.39 is 28.6 Å². The first-order valence-corrected chi connectivity index (χ1v) is 9.74. The number of rotatable bonds is 7. The van der Waals surface area contributed by atoms with Crippen LogP contribution in [0.1, 0.15) is 18.1 Å². The Hall–Kier alpha value is -2.87. The van der Waals surface area contributed by atoms with E-state index in [1.807, 2.05) is 0 Å². The maximum Gasteiger partial charge on any atom is 0.424 e. The van der Waals surface area contributed by atoms with Gasteiger partial charge in [0.2, 0.25) is 0 Å². The molecule has 0 fully saturated rings. The summed E-state index contributed by atoms with van der Waals surface area (Å²) in [6.45, 7) is 2.57. The van der Waals surface area contributed by atoms with Crippen molar-refractivity contribution in [2.45, 2.75) is 25.3 Å². The Morgan fingerprint density at radius 3 is 2.19 bits per heavy atom. The topological polar surface area (TPSA) is 90.0 Å². The first kappa shape index (κ1) is 20.4. The van der Waals surface area contributed by atoms with E-state index in [1.165, 1.54) is 12.1 Å². The summed E-state index contributed by atoms with van der Waals surface area (Å²) in [7, 11) is -4.28. The quantitative estimate of drug-likeness (QED) is 0.674. The van der Waals surface area contributed by atoms with Crippen LogP contribution in [-0.2, 0) is 30.9 Å². The third kappa shape index (κ3) is 5.55. The summed E-state index contributed by atoms with van der Waals surface area (Å²) in [6.07, 6.45) is -1.15. The first-order valence-electron chi connectivity index (χ1n) is 8.30. The second-order valence-corrected chi connectivity index (χ2v) is 7.53. The van der Waals surface area contributed by atoms with Gasteiger partial charge in [-0.05, 0) is 31.5 Å². The summed E-state index contributed by atoms with van der Waals surface area (Å²) in [6, 6.07) is 14.7. The van der Waals surface area contributed by atoms with Crippen molar-refractivity contribution in [3.63, 3.8) is 0 Å². The zero-order valence-corrected chi connectivity index (χ0v) is 15.9. The predicted molar refractivity (Wildman–Crippen MR) is 98.3 cm³/mol. The number of aryl methyl sites for hydroxylation is 1. The number of carbonyl (C=O) groups is 2. The van der Waals surface area contributed by atoms with Gasteiger partial charge in [-0.15, -0.1) is 0 Å². The van der Waals surface area contributed by atoms with Gasteiger partial charge in [-0.2, -0.15) is 4.31 Å². The fourth-order valence-electron chi connectivity index (χ4n) is 2.20. The summed E-state index contributed by atoms with van der Waals surface area (Å²) < 4.78 is 36.0. The van der Waals surface area contributed by atoms with E-state index in [9.17, 15) is 18.0 Å². The molecule has 0 saturated heterocycles. The fourth-order valence-corrected chi connectivity index (χ4v) is 3.46. The van der Waals surface area contributed by atoms with Crippen LogP contribution in [0.15, 0.2) is 59.5 Å². The van der Waals surface area contributed by atoms with E-state index in [2.05, 4.69) is 0 Å². The average molecular weight is 391 g/mol. The third-order valence-corrected chi connectivity index (χ3v) is 5.32. The number of benzene rings is 2. The molecule has 2 aromatic carbocycles. The summed E-state index contributed by atoms with van der Waals surface area (Å²) in [4.78, 5) is 24.2. The Morgan fingerprint density at radius 1 is 0.963 bits per heavy atom. The van der Waals surface area contributed by atoms with Crippen molar-refractivity contribution in [3.8, 4) is 0 Å². The molecule has 0 bridgehead atoms. The van der Waals surface area contributed by atoms with Crippen LogP contribution in [0.3, 0.4) is 0 Å². The van der Waals surface area contributed by atoms with Gasteiger partial charge in [0.05, 0.1) is 11.5 Å². The number of hydrogen-bond donors (Lipinski definition) is 0. The molecule has 0 unspecified atom stereocenters. The molecule has 0 atom stereocenters. The molecule has 0 N–H and O–H groups in total. The molecule has 2 rings (SSSR count). The smallest absolute Gasteiger partial charge is 0.424 e. The Kier molecular flexibility index (Phi) is 6.95. The highest BCUT2D eigenvalue weighted by atomic mass is 32.2. The van der Waals surface area contributed by atoms with Gasteiger partial charge in [-0.1, -0.05) is 48.0 Å². The number of sulfonamides is 1. The largest absolute Gasteiger partial charge is 0.465 e. The van der Waals surface area contributed by atoms with Crippen LogP contribution in [0.4, 0.5) is 4.79 Å². The van der Waals surface area contributed by atoms with Crippen molar-refractivity contribution in [1.29, 1.82) is 0 Å². The molecule has 0 aliphatic rings. The molecule has 7 nitrogen and oxygen atoms in total. The van der Waals surface area contributed by atoms with E-state index in [-0.39, 0.29) is 18.1 Å². The number of esters is 1. The molecule has 0 radical (unpaired) electrons. The van der Waals surface area contributed by atoms with E-state index >= 15 is 0 Å². The molecular formula is C19H21NO6S. The molecule has 0 aliphatic carbocycles. The van der Waals surface area contributed by atoms with Gasteiger partial charge in [0.25, 0.3) is 10.0 Å². The lowest BCUT2D eigenvalue weighted by Crippen LogP contribution is -2.41. The lowest BCUT2D eigenvalue weighted by atomic mass is 10.2. The zero-order valence-electron chi connectivity index (χ0n) is 15.1. The summed E-state index contributed by atoms with van der Waals surface area (Å²) in [5, 5.41) is 0. The van der Waals surface area contributed by atoms with Crippen molar-refractivity contribution in [2.75, 3.05) is 13.2 Å². The minimum atomic E-state index is -4.28. The van der Waals surface area contributed by atoms with Gasteiger partial charge in [-0.25, -0.2) is 13.2 Å². The van der Waals surface area contributed by atoms with E-state index in [4.69, 9.17) is 9.47 Å². The number of carbonyl (C=O) groups excluding carboxylic acids is 2. The molecule has 0 heterocycles. The number of hydrogen-bond acceptors (Lipinski definition) is 6. The molecule has 0 aliphatic heterocycles. The molecule has 8 heteroatoms. The van der Waals surface area contributed by atoms with Gasteiger partial charge in [0, 0.05) is 0 Å². The molecule has 0 aromatic heterocycles. The predicted octanol–water partition coefficient (Wildman–Crippen LogP) is 2.89. The molecule has 27 heavy (non-hydrogen) atoms. The minimum absolute atomic E-state index is 0.0658. The highest BCUT2D eigenvalue weighted by molar-refractivity contribution is 7.89. The van der Waals surface area contributed by atoms with Gasteiger partial charge in [-0.3, -0.25) is 4.79 Å². The van der Waals surface area contributed by atoms with Crippen LogP contribution in [-0.4, -0.2) is 37.9 Å². The van der Waals surface area contributed by atoms with E-state index in [0.29, 0.717) is 9.87 Å². The first-order chi connectivity index (χ1) is 12.8. The molecule has 1 amide bonds. The summed E-state index contributed by atoms with van der Waals surface area (Å²) in [5.41, 5.74) is 1.55. The normalized spacial score (nSPS) is 10.9. The van der Waals surface area contributed by atoms with Crippen LogP contribution in [0.5, 0.6) is 0 Å². The van der Waals surface area contributed by atoms with Crippen molar-refractivity contribution in [1.82, 2.24) is 4.31 Å². The maximum absolute atomic E-state index is 12.9. The van der Waals surface area contributed by atoms with Crippen molar-refractivity contribution >= 4 is 22.1 Å². The van der Waals surface area contributed by atoms with Gasteiger partial charge in [0.1, 0.15) is 13.2 Å². The van der Waals surface area contributed by atoms with Crippen LogP contribution in [0, 0.1) is 6.92 Å². The van der Waals surface area contributed by atoms with Crippen molar-refractivity contribution in [2.24, 2.45) is 0 Å². The number of amides is 1. The standard InChI is InChI=1S/C19H21NO6S/c1-3-25-18(21)13-20(19(22)26-14-16-7-5-4-6-8-16)27(23,24)17-11-9-15(2)10-12-17/h4-12H,3,13-14H2,1-2H3. The molecule has 144 valence electrons. The summed E-state index contributed by atoms with van der Waals surface area (Å²) >= 11 is 0. The Labute approximate surface area is 158 Å². The molecule has 0 saturated carbocycles. The van der Waals surface area contributed by atoms with Gasteiger partial charge >= 0.3 is 12.1 Å². The lowest BCUT2D eigenvalue weighted by Gasteiger charge is -2.21. The Morgan fingerprint density at radius 2 is 1.59 bits per heavy atom. The van der Waals surface area contributed by atoms with Gasteiger partial charge < -0.3 is 9.47 Å². The van der Waals surface area contributed by atoms with E-state index in [1.54, 1.807) is 56.3 Å². The van der Waals surface area contributed by atoms with Gasteiger partial charge in [0.15, 0.2) is 0 Å². The second-order valence-electron chi connectivity index (χ2n) is 5.67. The highest BCUT2D eigenvalue weighted by Gasteiger charge is 2.33. The highest BCUT2D eigenvalue weighted by Crippen LogP contribution is 2.18. The van der Waals surface area contributed by atoms with Crippen molar-refractivity contribution in [3.05, 3.63) is 65.7 Å². The molecule has 2 aromatic rings. The third-order valence-electron chi connectivity index (χ3n) is 3.60. The van der Waals surface area contributed by atoms with Crippen LogP contribution >= 0.6 is 0 Å². The van der Waals surface area contributed by atoms with Crippen LogP contribution in [0.25, 0.3) is 0 Å². The maximum atomic E-state index is 12.9. The Balaban J connectivity index is 2.25. The number of nitrogens with zero attached hydrogens (tertiary/aromatic N) is 1. The Bertz CT molecular complexity index is 878. The average Bonchev–Trinajstić information content (AvgIpc) is 2.65. The van der Waals surface area contributed by atoms with Crippen molar-refractivity contribution < 1.29 is 27.5 Å². The lowest BCUT2D eigenvalue weighted by molar-refractivity contribution is -0.143. The fraction of sp³-hybridized carbons (Fsp3) is 0.263. The monoisotopic (exact) mass is 391 g/mol. The second kappa shape index (κ2) is 9.18. The molecular weight excluding hydrogens is 370 g/mol. The van der Waals surface area contributed by atoms with E-state index in [0.717, 1.165) is 5.56 Å². The van der Waals surface area contributed by atoms with Crippen LogP contribution < -0.4 is 0 Å².